The fourth-order valence-corrected chi connectivity index (χ4v) is 2.75. The molecule has 0 N–H and O–H groups in total. The third kappa shape index (κ3) is 3.19. The van der Waals surface area contributed by atoms with Crippen LogP contribution in [-0.4, -0.2) is 48.0 Å². The van der Waals surface area contributed by atoms with E-state index in [-0.39, 0.29) is 6.55 Å². The summed E-state index contributed by atoms with van der Waals surface area (Å²) in [4.78, 5) is 0. The largest absolute Gasteiger partial charge is 0.384 e. The molecule has 0 saturated heterocycles. The van der Waals surface area contributed by atoms with Gasteiger partial charge in [0.05, 0.1) is 0 Å². The van der Waals surface area contributed by atoms with Gasteiger partial charge in [-0.05, 0) is 13.5 Å². The highest BCUT2D eigenvalue weighted by molar-refractivity contribution is 7.46. The Balaban J connectivity index is 6.50. The summed E-state index contributed by atoms with van der Waals surface area (Å²) in [7, 11) is 0. The molecule has 1 unspecified atom stereocenters. The van der Waals surface area contributed by atoms with Crippen molar-refractivity contribution in [2.75, 3.05) is 0 Å². The second kappa shape index (κ2) is 6.21. The fourth-order valence-electron chi connectivity index (χ4n) is 1.33. The van der Waals surface area contributed by atoms with Gasteiger partial charge in [-0.1, -0.05) is 0 Å². The van der Waals surface area contributed by atoms with Crippen LogP contribution in [0.5, 0.6) is 0 Å². The summed E-state index contributed by atoms with van der Waals surface area (Å²) < 4.78 is 171. The molecule has 1 atom stereocenters. The smallest absolute Gasteiger partial charge is 0.241 e. The van der Waals surface area contributed by atoms with Crippen molar-refractivity contribution in [3.8, 4) is 0 Å². The maximum atomic E-state index is 13.3. The van der Waals surface area contributed by atoms with Crippen molar-refractivity contribution < 1.29 is 57.1 Å². The predicted molar refractivity (Wildman–Crippen MR) is 63.6 cm³/mol. The van der Waals surface area contributed by atoms with Crippen LogP contribution in [0.2, 0.25) is 6.55 Å². The van der Waals surface area contributed by atoms with Gasteiger partial charge < -0.3 is 0 Å². The highest BCUT2D eigenvalue weighted by Crippen LogP contribution is 2.62. The second-order valence-corrected chi connectivity index (χ2v) is 12.5. The first kappa shape index (κ1) is 24.9. The maximum absolute atomic E-state index is 13.3. The minimum absolute atomic E-state index is 0.130. The highest BCUT2D eigenvalue weighted by Gasteiger charge is 2.92. The van der Waals surface area contributed by atoms with Crippen LogP contribution >= 0.6 is 22.2 Å². The van der Waals surface area contributed by atoms with E-state index in [0.29, 0.717) is 0 Å². The number of rotatable bonds is 7. The Morgan fingerprint density at radius 1 is 0.640 bits per heavy atom. The Morgan fingerprint density at radius 2 is 0.920 bits per heavy atom. The van der Waals surface area contributed by atoms with Gasteiger partial charge in [-0.25, -0.2) is 13.2 Å². The molecule has 0 aliphatic carbocycles. The van der Waals surface area contributed by atoms with Crippen LogP contribution in [0.1, 0.15) is 6.92 Å². The third-order valence-electron chi connectivity index (χ3n) is 3.05. The molecule has 0 rings (SSSR count). The summed E-state index contributed by atoms with van der Waals surface area (Å²) in [5.74, 6) is -37.1. The molecular weight excluding hydrogens is 454 g/mol. The standard InChI is InChI=1S/C9H7Cl2F13Si/c1-3(12)4(13,14)5(15,16)6(17,18)7(19,20)8(21,22)9(23,24)25(2,10)11/h3H,1-2H3. The van der Waals surface area contributed by atoms with Gasteiger partial charge in [-0.15, -0.1) is 22.2 Å². The molecule has 0 fully saturated rings. The van der Waals surface area contributed by atoms with Crippen molar-refractivity contribution >= 4 is 28.9 Å². The van der Waals surface area contributed by atoms with Gasteiger partial charge in [0, 0.05) is 0 Å². The molecule has 0 saturated carbocycles. The van der Waals surface area contributed by atoms with E-state index in [9.17, 15) is 57.1 Å². The van der Waals surface area contributed by atoms with E-state index in [2.05, 4.69) is 22.2 Å². The molecule has 0 aromatic carbocycles. The molecule has 0 aliphatic rings. The van der Waals surface area contributed by atoms with Gasteiger partial charge >= 0.3 is 41.9 Å². The molecule has 0 aromatic heterocycles. The Hall–Kier alpha value is -0.113. The maximum Gasteiger partial charge on any atom is 0.384 e. The number of halogens is 15. The molecule has 0 radical (unpaired) electrons. The van der Waals surface area contributed by atoms with E-state index in [0.717, 1.165) is 0 Å². The Labute approximate surface area is 141 Å². The Bertz CT molecular complexity index is 496. The van der Waals surface area contributed by atoms with Crippen molar-refractivity contribution in [2.24, 2.45) is 0 Å². The second-order valence-electron chi connectivity index (χ2n) is 5.00. The van der Waals surface area contributed by atoms with E-state index >= 15 is 0 Å². The van der Waals surface area contributed by atoms with Crippen LogP contribution < -0.4 is 0 Å². The number of alkyl halides is 13. The first-order valence-electron chi connectivity index (χ1n) is 5.73. The zero-order valence-corrected chi connectivity index (χ0v) is 14.3. The molecule has 0 nitrogen and oxygen atoms in total. The van der Waals surface area contributed by atoms with Crippen LogP contribution in [0.3, 0.4) is 0 Å². The van der Waals surface area contributed by atoms with E-state index < -0.39 is 54.9 Å². The molecule has 0 spiro atoms. The van der Waals surface area contributed by atoms with Crippen molar-refractivity contribution in [1.29, 1.82) is 0 Å². The van der Waals surface area contributed by atoms with Crippen LogP contribution in [0.25, 0.3) is 0 Å². The lowest BCUT2D eigenvalue weighted by Crippen LogP contribution is -2.74. The first-order valence-corrected chi connectivity index (χ1v) is 10.3. The summed E-state index contributed by atoms with van der Waals surface area (Å²) in [6.45, 7) is -6.39. The number of hydrogen-bond acceptors (Lipinski definition) is 0. The van der Waals surface area contributed by atoms with Crippen molar-refractivity contribution in [1.82, 2.24) is 0 Å². The Morgan fingerprint density at radius 3 is 1.16 bits per heavy atom. The summed E-state index contributed by atoms with van der Waals surface area (Å²) in [6.07, 6.45) is -4.22. The molecule has 0 amide bonds. The minimum Gasteiger partial charge on any atom is -0.241 e. The average molecular weight is 461 g/mol. The van der Waals surface area contributed by atoms with Gasteiger partial charge in [0.2, 0.25) is 0 Å². The predicted octanol–water partition coefficient (Wildman–Crippen LogP) is 6.25. The van der Waals surface area contributed by atoms with Gasteiger partial charge in [-0.2, -0.15) is 43.9 Å². The lowest BCUT2D eigenvalue weighted by atomic mass is 9.92. The van der Waals surface area contributed by atoms with E-state index in [1.54, 1.807) is 0 Å². The van der Waals surface area contributed by atoms with Crippen molar-refractivity contribution in [2.45, 2.75) is 54.8 Å². The van der Waals surface area contributed by atoms with E-state index in [1.165, 1.54) is 0 Å². The normalized spacial score (nSPS) is 17.6. The SMILES string of the molecule is CC(F)C(F)(F)C(F)(F)C(F)(F)C(F)(F)C(F)(F)C(F)(F)[Si](C)(Cl)Cl. The monoisotopic (exact) mass is 460 g/mol. The molecule has 0 heterocycles. The highest BCUT2D eigenvalue weighted by atomic mass is 35.7. The molecule has 0 bridgehead atoms. The van der Waals surface area contributed by atoms with Crippen LogP contribution in [0.15, 0.2) is 0 Å². The zero-order chi connectivity index (χ0) is 21.1. The van der Waals surface area contributed by atoms with Crippen LogP contribution in [0, 0.1) is 0 Å². The molecular formula is C9H7Cl2F13Si. The molecule has 25 heavy (non-hydrogen) atoms. The zero-order valence-electron chi connectivity index (χ0n) is 11.7. The van der Waals surface area contributed by atoms with Crippen LogP contribution in [0.4, 0.5) is 57.1 Å². The quantitative estimate of drug-likeness (QED) is 0.239. The Kier molecular flexibility index (Phi) is 6.18. The van der Waals surface area contributed by atoms with Crippen molar-refractivity contribution in [3.05, 3.63) is 0 Å². The van der Waals surface area contributed by atoms with E-state index in [1.807, 2.05) is 0 Å². The molecule has 152 valence electrons. The minimum atomic E-state index is -7.82. The summed E-state index contributed by atoms with van der Waals surface area (Å²) >= 11 is 9.24. The topological polar surface area (TPSA) is 0 Å². The van der Waals surface area contributed by atoms with Crippen LogP contribution in [-0.2, 0) is 0 Å². The summed E-state index contributed by atoms with van der Waals surface area (Å²) in [6, 6.07) is 0. The average Bonchev–Trinajstić information content (AvgIpc) is 2.35. The van der Waals surface area contributed by atoms with Crippen molar-refractivity contribution in [3.63, 3.8) is 0 Å². The number of hydrogen-bond donors (Lipinski definition) is 0. The summed E-state index contributed by atoms with van der Waals surface area (Å²) in [5, 5.41) is 0. The van der Waals surface area contributed by atoms with Gasteiger partial charge in [0.1, 0.15) is 0 Å². The fraction of sp³-hybridized carbons (Fsp3) is 1.00. The van der Waals surface area contributed by atoms with Gasteiger partial charge in [0.15, 0.2) is 6.17 Å². The van der Waals surface area contributed by atoms with Gasteiger partial charge in [0.25, 0.3) is 0 Å². The lowest BCUT2D eigenvalue weighted by molar-refractivity contribution is -0.421. The lowest BCUT2D eigenvalue weighted by Gasteiger charge is -2.42. The third-order valence-corrected chi connectivity index (χ3v) is 5.89. The summed E-state index contributed by atoms with van der Waals surface area (Å²) in [5.41, 5.74) is -6.36. The first-order chi connectivity index (χ1) is 10.4. The van der Waals surface area contributed by atoms with E-state index in [4.69, 9.17) is 0 Å². The molecule has 16 heteroatoms. The molecule has 0 aliphatic heterocycles. The molecule has 0 aromatic rings. The van der Waals surface area contributed by atoms with Gasteiger partial charge in [-0.3, -0.25) is 0 Å².